The number of nitrogens with one attached hydrogen (secondary N) is 1. The fourth-order valence-electron chi connectivity index (χ4n) is 4.16. The molecule has 2 aliphatic heterocycles. The molecular formula is C25H28ClN3O5S2. The maximum absolute atomic E-state index is 13.5. The highest BCUT2D eigenvalue weighted by atomic mass is 35.5. The normalized spacial score (nSPS) is 22.8. The van der Waals surface area contributed by atoms with E-state index in [4.69, 9.17) is 16.3 Å². The third-order valence-corrected chi connectivity index (χ3v) is 9.08. The van der Waals surface area contributed by atoms with Crippen molar-refractivity contribution in [1.29, 1.82) is 0 Å². The lowest BCUT2D eigenvalue weighted by Crippen LogP contribution is -2.45. The Morgan fingerprint density at radius 1 is 1.17 bits per heavy atom. The Hall–Kier alpha value is -2.56. The highest BCUT2D eigenvalue weighted by molar-refractivity contribution is 8.16. The van der Waals surface area contributed by atoms with E-state index in [1.54, 1.807) is 49.9 Å². The molecule has 2 aromatic carbocycles. The number of fused-ring (bicyclic) bond motifs is 1. The molecule has 11 heteroatoms. The monoisotopic (exact) mass is 549 g/mol. The van der Waals surface area contributed by atoms with Crippen LogP contribution in [0.5, 0.6) is 0 Å². The number of benzene rings is 2. The molecular weight excluding hydrogens is 522 g/mol. The van der Waals surface area contributed by atoms with Crippen LogP contribution in [0.3, 0.4) is 0 Å². The number of hydrogen-bond acceptors (Lipinski definition) is 6. The first-order valence-corrected chi connectivity index (χ1v) is 14.6. The molecule has 2 heterocycles. The molecule has 0 unspecified atom stereocenters. The second-order valence-corrected chi connectivity index (χ2v) is 13.6. The number of anilines is 1. The molecule has 36 heavy (non-hydrogen) atoms. The van der Waals surface area contributed by atoms with E-state index < -0.39 is 33.5 Å². The summed E-state index contributed by atoms with van der Waals surface area (Å²) in [7, 11) is -3.21. The van der Waals surface area contributed by atoms with E-state index in [0.29, 0.717) is 15.9 Å². The van der Waals surface area contributed by atoms with Crippen LogP contribution in [0.2, 0.25) is 5.02 Å². The van der Waals surface area contributed by atoms with E-state index in [0.717, 1.165) is 5.56 Å². The number of carbonyl (C=O) groups is 2. The van der Waals surface area contributed by atoms with Crippen LogP contribution in [-0.2, 0) is 25.8 Å². The topological polar surface area (TPSA) is 105 Å². The molecule has 0 saturated carbocycles. The standard InChI is InChI=1S/C25H28ClN3O5S2/c1-25(2,3)34-24(31)27-19(12-16-8-5-4-6-9-16)22(30)28-23-29(18-11-7-10-17(26)13-18)20-14-36(32,33)15-21(20)35-23/h4-11,13,19-21H,12,14-15H2,1-3H3,(H,27,31)/t19-,20+,21+/m1/s1. The predicted octanol–water partition coefficient (Wildman–Crippen LogP) is 4.08. The van der Waals surface area contributed by atoms with Gasteiger partial charge in [0, 0.05) is 22.4 Å². The number of halogens is 1. The van der Waals surface area contributed by atoms with Crippen molar-refractivity contribution in [2.75, 3.05) is 16.4 Å². The zero-order valence-corrected chi connectivity index (χ0v) is 22.6. The molecule has 3 atom stereocenters. The Morgan fingerprint density at radius 2 is 1.89 bits per heavy atom. The van der Waals surface area contributed by atoms with Gasteiger partial charge in [0.05, 0.1) is 17.5 Å². The van der Waals surface area contributed by atoms with E-state index in [2.05, 4.69) is 10.3 Å². The van der Waals surface area contributed by atoms with Gasteiger partial charge in [-0.25, -0.2) is 13.2 Å². The van der Waals surface area contributed by atoms with Gasteiger partial charge >= 0.3 is 6.09 Å². The molecule has 0 aliphatic carbocycles. The van der Waals surface area contributed by atoms with Crippen LogP contribution in [0, 0.1) is 0 Å². The zero-order valence-electron chi connectivity index (χ0n) is 20.2. The van der Waals surface area contributed by atoms with Gasteiger partial charge in [-0.2, -0.15) is 4.99 Å². The number of carbonyl (C=O) groups excluding carboxylic acids is 2. The highest BCUT2D eigenvalue weighted by Gasteiger charge is 2.49. The summed E-state index contributed by atoms with van der Waals surface area (Å²) in [6, 6.07) is 15.0. The number of nitrogens with zero attached hydrogens (tertiary/aromatic N) is 2. The highest BCUT2D eigenvalue weighted by Crippen LogP contribution is 2.41. The molecule has 8 nitrogen and oxygen atoms in total. The maximum atomic E-state index is 13.5. The number of rotatable bonds is 5. The molecule has 2 aliphatic rings. The summed E-state index contributed by atoms with van der Waals surface area (Å²) >= 11 is 7.47. The fraction of sp³-hybridized carbons (Fsp3) is 0.400. The smallest absolute Gasteiger partial charge is 0.408 e. The first-order chi connectivity index (χ1) is 16.9. The van der Waals surface area contributed by atoms with Crippen LogP contribution in [0.4, 0.5) is 10.5 Å². The van der Waals surface area contributed by atoms with Crippen LogP contribution in [-0.4, -0.2) is 60.0 Å². The Morgan fingerprint density at radius 3 is 2.56 bits per heavy atom. The van der Waals surface area contributed by atoms with Gasteiger partial charge in [0.25, 0.3) is 5.91 Å². The van der Waals surface area contributed by atoms with Gasteiger partial charge in [-0.3, -0.25) is 4.79 Å². The minimum atomic E-state index is -3.21. The van der Waals surface area contributed by atoms with Crippen LogP contribution >= 0.6 is 23.4 Å². The van der Waals surface area contributed by atoms with Gasteiger partial charge < -0.3 is 15.0 Å². The van der Waals surface area contributed by atoms with Crippen LogP contribution in [0.15, 0.2) is 59.6 Å². The van der Waals surface area contributed by atoms with Crippen molar-refractivity contribution in [2.24, 2.45) is 4.99 Å². The van der Waals surface area contributed by atoms with Crippen molar-refractivity contribution in [3.8, 4) is 0 Å². The van der Waals surface area contributed by atoms with Gasteiger partial charge in [-0.05, 0) is 44.5 Å². The summed E-state index contributed by atoms with van der Waals surface area (Å²) in [5, 5.41) is 3.28. The molecule has 0 radical (unpaired) electrons. The van der Waals surface area contributed by atoms with E-state index >= 15 is 0 Å². The van der Waals surface area contributed by atoms with Gasteiger partial charge in [0.1, 0.15) is 11.6 Å². The van der Waals surface area contributed by atoms with Gasteiger partial charge in [0.2, 0.25) is 0 Å². The first-order valence-electron chi connectivity index (χ1n) is 11.5. The molecule has 2 fully saturated rings. The van der Waals surface area contributed by atoms with Crippen molar-refractivity contribution < 1.29 is 22.7 Å². The van der Waals surface area contributed by atoms with Crippen molar-refractivity contribution in [1.82, 2.24) is 5.32 Å². The lowest BCUT2D eigenvalue weighted by molar-refractivity contribution is -0.119. The molecule has 2 saturated heterocycles. The van der Waals surface area contributed by atoms with Crippen molar-refractivity contribution in [3.05, 3.63) is 65.2 Å². The Balaban J connectivity index is 1.65. The largest absolute Gasteiger partial charge is 0.444 e. The first kappa shape index (κ1) is 26.5. The van der Waals surface area contributed by atoms with E-state index in [1.807, 2.05) is 30.3 Å². The lowest BCUT2D eigenvalue weighted by atomic mass is 10.1. The molecule has 1 N–H and O–H groups in total. The molecule has 2 amide bonds. The Labute approximate surface area is 220 Å². The van der Waals surface area contributed by atoms with Crippen LogP contribution in [0.1, 0.15) is 26.3 Å². The molecule has 192 valence electrons. The van der Waals surface area contributed by atoms with Gasteiger partial charge in [-0.1, -0.05) is 59.8 Å². The van der Waals surface area contributed by atoms with Crippen molar-refractivity contribution >= 4 is 56.1 Å². The number of sulfone groups is 1. The summed E-state index contributed by atoms with van der Waals surface area (Å²) in [6.45, 7) is 5.23. The van der Waals surface area contributed by atoms with Gasteiger partial charge in [0.15, 0.2) is 15.0 Å². The lowest BCUT2D eigenvalue weighted by Gasteiger charge is -2.25. The van der Waals surface area contributed by atoms with E-state index in [1.165, 1.54) is 11.8 Å². The number of alkyl carbamates (subject to hydrolysis) is 1. The number of thioether (sulfide) groups is 1. The SMILES string of the molecule is CC(C)(C)OC(=O)N[C@H](Cc1ccccc1)C(=O)N=C1S[C@H]2CS(=O)(=O)C[C@@H]2N1c1cccc(Cl)c1. The third kappa shape index (κ3) is 6.60. The second kappa shape index (κ2) is 10.4. The average molecular weight is 550 g/mol. The number of amidine groups is 1. The molecule has 0 bridgehead atoms. The fourth-order valence-corrected chi connectivity index (χ4v) is 8.27. The summed E-state index contributed by atoms with van der Waals surface area (Å²) < 4.78 is 30.0. The van der Waals surface area contributed by atoms with E-state index in [-0.39, 0.29) is 29.2 Å². The summed E-state index contributed by atoms with van der Waals surface area (Å²) in [5.74, 6) is -0.577. The number of ether oxygens (including phenoxy) is 1. The molecule has 0 spiro atoms. The number of hydrogen-bond donors (Lipinski definition) is 1. The van der Waals surface area contributed by atoms with Crippen molar-refractivity contribution in [2.45, 2.75) is 50.1 Å². The number of amides is 2. The van der Waals surface area contributed by atoms with E-state index in [9.17, 15) is 18.0 Å². The summed E-state index contributed by atoms with van der Waals surface area (Å²) in [5.41, 5.74) is 0.774. The average Bonchev–Trinajstić information content (AvgIpc) is 3.23. The van der Waals surface area contributed by atoms with Crippen LogP contribution in [0.25, 0.3) is 0 Å². The molecule has 2 aromatic rings. The maximum Gasteiger partial charge on any atom is 0.408 e. The second-order valence-electron chi connectivity index (χ2n) is 9.77. The van der Waals surface area contributed by atoms with Gasteiger partial charge in [-0.15, -0.1) is 0 Å². The summed E-state index contributed by atoms with van der Waals surface area (Å²) in [6.07, 6.45) is -0.496. The van der Waals surface area contributed by atoms with Crippen molar-refractivity contribution in [3.63, 3.8) is 0 Å². The zero-order chi connectivity index (χ0) is 26.1. The summed E-state index contributed by atoms with van der Waals surface area (Å²) in [4.78, 5) is 32.2. The van der Waals surface area contributed by atoms with Crippen LogP contribution < -0.4 is 10.2 Å². The molecule has 0 aromatic heterocycles. The molecule has 4 rings (SSSR count). The third-order valence-electron chi connectivity index (χ3n) is 5.63. The minimum Gasteiger partial charge on any atom is -0.444 e. The minimum absolute atomic E-state index is 0.0101. The number of aliphatic imine (C=N–C) groups is 1. The quantitative estimate of drug-likeness (QED) is 0.599. The predicted molar refractivity (Wildman–Crippen MR) is 143 cm³/mol. The Kier molecular flexibility index (Phi) is 7.68. The Bertz CT molecular complexity index is 1280.